The molecule has 0 radical (unpaired) electrons. The van der Waals surface area contributed by atoms with Gasteiger partial charge >= 0.3 is 0 Å². The minimum Gasteiger partial charge on any atom is -0.324 e. The van der Waals surface area contributed by atoms with Crippen molar-refractivity contribution in [1.82, 2.24) is 4.98 Å². The molecule has 0 atom stereocenters. The molecule has 3 heteroatoms. The molecule has 0 aliphatic rings. The van der Waals surface area contributed by atoms with Crippen molar-refractivity contribution in [2.45, 2.75) is 26.7 Å². The van der Waals surface area contributed by atoms with Crippen molar-refractivity contribution in [3.63, 3.8) is 0 Å². The van der Waals surface area contributed by atoms with Crippen molar-refractivity contribution in [2.24, 2.45) is 5.92 Å². The minimum absolute atomic E-state index is 0.0189. The third-order valence-corrected chi connectivity index (χ3v) is 2.98. The number of aromatic nitrogens is 1. The van der Waals surface area contributed by atoms with Crippen LogP contribution in [-0.2, 0) is 17.6 Å². The van der Waals surface area contributed by atoms with Crippen LogP contribution in [0.25, 0.3) is 0 Å². The van der Waals surface area contributed by atoms with E-state index in [-0.39, 0.29) is 5.91 Å². The molecule has 0 aliphatic heterocycles. The van der Waals surface area contributed by atoms with E-state index in [4.69, 9.17) is 0 Å². The summed E-state index contributed by atoms with van der Waals surface area (Å²) in [5, 5.41) is 2.84. The maximum atomic E-state index is 11.9. The van der Waals surface area contributed by atoms with Crippen molar-refractivity contribution in [1.29, 1.82) is 0 Å². The Balaban J connectivity index is 1.91. The molecule has 2 aromatic rings. The fraction of sp³-hybridized carbons (Fsp3) is 0.294. The van der Waals surface area contributed by atoms with Crippen LogP contribution in [0.15, 0.2) is 48.8 Å². The molecule has 2 rings (SSSR count). The maximum Gasteiger partial charge on any atom is 0.228 e. The first-order valence-corrected chi connectivity index (χ1v) is 6.91. The Morgan fingerprint density at radius 1 is 1.15 bits per heavy atom. The number of anilines is 1. The third-order valence-electron chi connectivity index (χ3n) is 2.98. The number of carbonyl (C=O) groups is 1. The van der Waals surface area contributed by atoms with Crippen molar-refractivity contribution in [2.75, 3.05) is 5.32 Å². The summed E-state index contributed by atoms with van der Waals surface area (Å²) in [6, 6.07) is 11.9. The van der Waals surface area contributed by atoms with Gasteiger partial charge < -0.3 is 5.32 Å². The maximum absolute atomic E-state index is 11.9. The summed E-state index contributed by atoms with van der Waals surface area (Å²) in [4.78, 5) is 15.9. The highest BCUT2D eigenvalue weighted by Gasteiger charge is 2.04. The second-order valence-electron chi connectivity index (χ2n) is 5.38. The Bertz CT molecular complexity index is 547. The summed E-state index contributed by atoms with van der Waals surface area (Å²) in [5.41, 5.74) is 3.07. The average molecular weight is 268 g/mol. The molecule has 1 aromatic heterocycles. The van der Waals surface area contributed by atoms with Crippen LogP contribution in [0, 0.1) is 5.92 Å². The first-order chi connectivity index (χ1) is 9.63. The summed E-state index contributed by atoms with van der Waals surface area (Å²) in [6.07, 6.45) is 4.78. The van der Waals surface area contributed by atoms with E-state index in [1.807, 2.05) is 18.2 Å². The van der Waals surface area contributed by atoms with Crippen LogP contribution in [0.2, 0.25) is 0 Å². The van der Waals surface area contributed by atoms with E-state index in [2.05, 4.69) is 36.3 Å². The van der Waals surface area contributed by atoms with Gasteiger partial charge in [0.05, 0.1) is 18.3 Å². The number of nitrogens with zero attached hydrogens (tertiary/aromatic N) is 1. The second kappa shape index (κ2) is 6.85. The second-order valence-corrected chi connectivity index (χ2v) is 5.38. The predicted octanol–water partition coefficient (Wildman–Crippen LogP) is 3.46. The van der Waals surface area contributed by atoms with E-state index < -0.39 is 0 Å². The average Bonchev–Trinajstić information content (AvgIpc) is 2.41. The van der Waals surface area contributed by atoms with Crippen LogP contribution in [0.3, 0.4) is 0 Å². The van der Waals surface area contributed by atoms with Gasteiger partial charge in [-0.15, -0.1) is 0 Å². The molecule has 1 amide bonds. The summed E-state index contributed by atoms with van der Waals surface area (Å²) in [7, 11) is 0. The summed E-state index contributed by atoms with van der Waals surface area (Å²) in [5.74, 6) is 0.629. The van der Waals surface area contributed by atoms with Crippen LogP contribution in [0.1, 0.15) is 25.0 Å². The molecular weight excluding hydrogens is 248 g/mol. The molecule has 1 N–H and O–H groups in total. The molecule has 20 heavy (non-hydrogen) atoms. The van der Waals surface area contributed by atoms with Gasteiger partial charge in [0.2, 0.25) is 5.91 Å². The first kappa shape index (κ1) is 14.3. The van der Waals surface area contributed by atoms with Crippen molar-refractivity contribution in [3.05, 3.63) is 59.9 Å². The van der Waals surface area contributed by atoms with E-state index in [9.17, 15) is 4.79 Å². The molecular formula is C17H20N2O. The highest BCUT2D eigenvalue weighted by molar-refractivity contribution is 5.92. The van der Waals surface area contributed by atoms with Gasteiger partial charge in [-0.05, 0) is 35.6 Å². The molecule has 1 heterocycles. The van der Waals surface area contributed by atoms with E-state index in [1.54, 1.807) is 18.5 Å². The fourth-order valence-corrected chi connectivity index (χ4v) is 2.09. The Morgan fingerprint density at radius 3 is 2.45 bits per heavy atom. The minimum atomic E-state index is -0.0189. The number of hydrogen-bond donors (Lipinski definition) is 1. The summed E-state index contributed by atoms with van der Waals surface area (Å²) < 4.78 is 0. The van der Waals surface area contributed by atoms with E-state index >= 15 is 0 Å². The smallest absolute Gasteiger partial charge is 0.228 e. The van der Waals surface area contributed by atoms with Gasteiger partial charge in [-0.2, -0.15) is 0 Å². The largest absolute Gasteiger partial charge is 0.324 e. The summed E-state index contributed by atoms with van der Waals surface area (Å²) in [6.45, 7) is 4.41. The SMILES string of the molecule is CC(C)Cc1ccc(CC(=O)Nc2cccnc2)cc1. The first-order valence-electron chi connectivity index (χ1n) is 6.91. The van der Waals surface area contributed by atoms with Crippen LogP contribution in [-0.4, -0.2) is 10.9 Å². The lowest BCUT2D eigenvalue weighted by molar-refractivity contribution is -0.115. The summed E-state index contributed by atoms with van der Waals surface area (Å²) >= 11 is 0. The Labute approximate surface area is 120 Å². The van der Waals surface area contributed by atoms with Gasteiger partial charge in [0.15, 0.2) is 0 Å². The van der Waals surface area contributed by atoms with Gasteiger partial charge in [-0.25, -0.2) is 0 Å². The van der Waals surface area contributed by atoms with Crippen molar-refractivity contribution >= 4 is 11.6 Å². The Kier molecular flexibility index (Phi) is 4.88. The van der Waals surface area contributed by atoms with Gasteiger partial charge in [-0.3, -0.25) is 9.78 Å². The van der Waals surface area contributed by atoms with Crippen molar-refractivity contribution < 1.29 is 4.79 Å². The molecule has 0 aliphatic carbocycles. The van der Waals surface area contributed by atoms with Gasteiger partial charge in [-0.1, -0.05) is 38.1 Å². The Morgan fingerprint density at radius 2 is 1.85 bits per heavy atom. The topological polar surface area (TPSA) is 42.0 Å². The molecule has 0 spiro atoms. The Hall–Kier alpha value is -2.16. The molecule has 0 saturated carbocycles. The van der Waals surface area contributed by atoms with Gasteiger partial charge in [0, 0.05) is 6.20 Å². The van der Waals surface area contributed by atoms with Crippen molar-refractivity contribution in [3.8, 4) is 0 Å². The van der Waals surface area contributed by atoms with E-state index in [1.165, 1.54) is 5.56 Å². The monoisotopic (exact) mass is 268 g/mol. The number of nitrogens with one attached hydrogen (secondary N) is 1. The van der Waals surface area contributed by atoms with Gasteiger partial charge in [0.1, 0.15) is 0 Å². The van der Waals surface area contributed by atoms with E-state index in [0.717, 1.165) is 17.7 Å². The normalized spacial score (nSPS) is 10.6. The number of benzene rings is 1. The standard InChI is InChI=1S/C17H20N2O/c1-13(2)10-14-5-7-15(8-6-14)11-17(20)19-16-4-3-9-18-12-16/h3-9,12-13H,10-11H2,1-2H3,(H,19,20). The zero-order chi connectivity index (χ0) is 14.4. The zero-order valence-electron chi connectivity index (χ0n) is 12.0. The van der Waals surface area contributed by atoms with Crippen LogP contribution >= 0.6 is 0 Å². The third kappa shape index (κ3) is 4.50. The molecule has 0 saturated heterocycles. The lowest BCUT2D eigenvalue weighted by Crippen LogP contribution is -2.14. The van der Waals surface area contributed by atoms with Crippen LogP contribution < -0.4 is 5.32 Å². The van der Waals surface area contributed by atoms with E-state index in [0.29, 0.717) is 12.3 Å². The predicted molar refractivity (Wildman–Crippen MR) is 81.6 cm³/mol. The lowest BCUT2D eigenvalue weighted by atomic mass is 10.0. The molecule has 0 bridgehead atoms. The highest BCUT2D eigenvalue weighted by atomic mass is 16.1. The number of amides is 1. The molecule has 104 valence electrons. The van der Waals surface area contributed by atoms with Crippen LogP contribution in [0.5, 0.6) is 0 Å². The number of carbonyl (C=O) groups excluding carboxylic acids is 1. The fourth-order valence-electron chi connectivity index (χ4n) is 2.09. The zero-order valence-corrected chi connectivity index (χ0v) is 12.0. The number of rotatable bonds is 5. The molecule has 3 nitrogen and oxygen atoms in total. The van der Waals surface area contributed by atoms with Gasteiger partial charge in [0.25, 0.3) is 0 Å². The molecule has 1 aromatic carbocycles. The molecule has 0 unspecified atom stereocenters. The lowest BCUT2D eigenvalue weighted by Gasteiger charge is -2.07. The quantitative estimate of drug-likeness (QED) is 0.902. The molecule has 0 fully saturated rings. The van der Waals surface area contributed by atoms with Crippen LogP contribution in [0.4, 0.5) is 5.69 Å². The number of hydrogen-bond acceptors (Lipinski definition) is 2. The highest BCUT2D eigenvalue weighted by Crippen LogP contribution is 2.11. The number of pyridine rings is 1.